The predicted octanol–water partition coefficient (Wildman–Crippen LogP) is 3.57. The van der Waals surface area contributed by atoms with Crippen molar-refractivity contribution in [2.24, 2.45) is 0 Å². The Morgan fingerprint density at radius 1 is 0.944 bits per heavy atom. The molecular formula is C13H9Br2NO2. The molecule has 1 aromatic heterocycles. The molecule has 18 heavy (non-hydrogen) atoms. The van der Waals surface area contributed by atoms with Crippen molar-refractivity contribution in [1.29, 1.82) is 0 Å². The minimum Gasteiger partial charge on any atom is -0.359 e. The standard InChI is InChI=1S/C13H9Br2NO2/c14-13(15,12(18)10-7-4-8-16-10)11(17)9-5-2-1-3-6-9/h1-8,16H. The van der Waals surface area contributed by atoms with Gasteiger partial charge in [-0.15, -0.1) is 0 Å². The Balaban J connectivity index is 2.32. The number of benzene rings is 1. The largest absolute Gasteiger partial charge is 0.359 e. The van der Waals surface area contributed by atoms with Gasteiger partial charge in [0.15, 0.2) is 5.78 Å². The molecule has 0 aliphatic heterocycles. The van der Waals surface area contributed by atoms with Crippen LogP contribution in [0.25, 0.3) is 0 Å². The molecule has 0 spiro atoms. The number of hydrogen-bond donors (Lipinski definition) is 1. The summed E-state index contributed by atoms with van der Waals surface area (Å²) in [5.74, 6) is -0.691. The van der Waals surface area contributed by atoms with Gasteiger partial charge in [0.2, 0.25) is 9.02 Å². The fraction of sp³-hybridized carbons (Fsp3) is 0.0769. The van der Waals surface area contributed by atoms with Crippen molar-refractivity contribution in [3.05, 3.63) is 59.9 Å². The molecule has 1 aromatic carbocycles. The Kier molecular flexibility index (Phi) is 3.82. The number of carbonyl (C=O) groups excluding carboxylic acids is 2. The molecule has 2 rings (SSSR count). The van der Waals surface area contributed by atoms with Crippen LogP contribution in [-0.4, -0.2) is 19.8 Å². The highest BCUT2D eigenvalue weighted by molar-refractivity contribution is 9.26. The Bertz CT molecular complexity index is 562. The minimum absolute atomic E-state index is 0.331. The third-order valence-electron chi connectivity index (χ3n) is 2.45. The summed E-state index contributed by atoms with van der Waals surface area (Å²) in [6.07, 6.45) is 1.64. The second-order valence-electron chi connectivity index (χ2n) is 3.68. The Morgan fingerprint density at radius 3 is 2.17 bits per heavy atom. The Hall–Kier alpha value is -1.20. The third-order valence-corrected chi connectivity index (χ3v) is 3.89. The summed E-state index contributed by atoms with van der Waals surface area (Å²) in [6, 6.07) is 12.0. The van der Waals surface area contributed by atoms with Gasteiger partial charge in [0.05, 0.1) is 5.69 Å². The summed E-state index contributed by atoms with van der Waals surface area (Å²) in [5.41, 5.74) is 0.833. The van der Waals surface area contributed by atoms with Gasteiger partial charge in [0.25, 0.3) is 0 Å². The first-order chi connectivity index (χ1) is 8.53. The van der Waals surface area contributed by atoms with Crippen LogP contribution in [0, 0.1) is 0 Å². The number of aromatic amines is 1. The van der Waals surface area contributed by atoms with Gasteiger partial charge in [0.1, 0.15) is 0 Å². The maximum absolute atomic E-state index is 12.3. The van der Waals surface area contributed by atoms with E-state index in [1.807, 2.05) is 6.07 Å². The Morgan fingerprint density at radius 2 is 1.61 bits per heavy atom. The molecule has 5 heteroatoms. The van der Waals surface area contributed by atoms with Crippen molar-refractivity contribution in [3.8, 4) is 0 Å². The van der Waals surface area contributed by atoms with E-state index in [4.69, 9.17) is 0 Å². The first kappa shape index (κ1) is 13.2. The summed E-state index contributed by atoms with van der Waals surface area (Å²) in [6.45, 7) is 0. The van der Waals surface area contributed by atoms with Crippen LogP contribution in [0.15, 0.2) is 48.7 Å². The maximum atomic E-state index is 12.3. The monoisotopic (exact) mass is 369 g/mol. The number of alkyl halides is 2. The molecule has 0 fully saturated rings. The average molecular weight is 371 g/mol. The SMILES string of the molecule is O=C(c1ccccc1)C(Br)(Br)C(=O)c1ccc[nH]1. The fourth-order valence-electron chi connectivity index (χ4n) is 1.51. The van der Waals surface area contributed by atoms with Crippen LogP contribution in [0.5, 0.6) is 0 Å². The summed E-state index contributed by atoms with van der Waals surface area (Å²) >= 11 is 6.34. The predicted molar refractivity (Wildman–Crippen MR) is 76.5 cm³/mol. The number of rotatable bonds is 4. The number of Topliss-reactive ketones (excluding diaryl/α,β-unsaturated/α-hetero) is 2. The van der Waals surface area contributed by atoms with E-state index in [9.17, 15) is 9.59 Å². The number of aromatic nitrogens is 1. The van der Waals surface area contributed by atoms with Gasteiger partial charge in [-0.3, -0.25) is 9.59 Å². The second kappa shape index (κ2) is 5.20. The lowest BCUT2D eigenvalue weighted by Crippen LogP contribution is -2.34. The van der Waals surface area contributed by atoms with Gasteiger partial charge >= 0.3 is 0 Å². The van der Waals surface area contributed by atoms with Gasteiger partial charge in [-0.1, -0.05) is 62.2 Å². The quantitative estimate of drug-likeness (QED) is 0.508. The van der Waals surface area contributed by atoms with Crippen LogP contribution in [0.3, 0.4) is 0 Å². The lowest BCUT2D eigenvalue weighted by atomic mass is 10.0. The zero-order valence-corrected chi connectivity index (χ0v) is 12.4. The number of ketones is 2. The van der Waals surface area contributed by atoms with E-state index in [1.54, 1.807) is 42.6 Å². The van der Waals surface area contributed by atoms with Crippen molar-refractivity contribution in [3.63, 3.8) is 0 Å². The molecular weight excluding hydrogens is 362 g/mol. The molecule has 0 radical (unpaired) electrons. The first-order valence-corrected chi connectivity index (χ1v) is 6.78. The van der Waals surface area contributed by atoms with Gasteiger partial charge < -0.3 is 4.98 Å². The normalized spacial score (nSPS) is 11.2. The molecule has 1 heterocycles. The molecule has 0 aliphatic carbocycles. The van der Waals surface area contributed by atoms with Crippen LogP contribution >= 0.6 is 31.9 Å². The second-order valence-corrected chi connectivity index (χ2v) is 7.13. The lowest BCUT2D eigenvalue weighted by molar-refractivity contribution is 0.0891. The van der Waals surface area contributed by atoms with Crippen LogP contribution in [0.2, 0.25) is 0 Å². The van der Waals surface area contributed by atoms with Crippen molar-refractivity contribution in [2.75, 3.05) is 0 Å². The summed E-state index contributed by atoms with van der Waals surface area (Å²) < 4.78 is -1.44. The van der Waals surface area contributed by atoms with E-state index < -0.39 is 3.23 Å². The highest BCUT2D eigenvalue weighted by Gasteiger charge is 2.41. The molecule has 0 atom stereocenters. The van der Waals surface area contributed by atoms with E-state index >= 15 is 0 Å². The van der Waals surface area contributed by atoms with Crippen molar-refractivity contribution >= 4 is 43.4 Å². The molecule has 0 bridgehead atoms. The average Bonchev–Trinajstić information content (AvgIpc) is 2.91. The summed E-state index contributed by atoms with van der Waals surface area (Å²) in [5, 5.41) is 0. The van der Waals surface area contributed by atoms with E-state index in [0.717, 1.165) is 0 Å². The highest BCUT2D eigenvalue weighted by Crippen LogP contribution is 2.33. The number of carbonyl (C=O) groups is 2. The molecule has 92 valence electrons. The van der Waals surface area contributed by atoms with Crippen molar-refractivity contribution < 1.29 is 9.59 Å². The molecule has 1 N–H and O–H groups in total. The summed E-state index contributed by atoms with van der Waals surface area (Å²) in [4.78, 5) is 27.3. The number of halogens is 2. The topological polar surface area (TPSA) is 49.9 Å². The maximum Gasteiger partial charge on any atom is 0.214 e. The minimum atomic E-state index is -1.44. The van der Waals surface area contributed by atoms with Crippen LogP contribution in [0.1, 0.15) is 20.8 Å². The van der Waals surface area contributed by atoms with E-state index in [0.29, 0.717) is 11.3 Å². The number of hydrogen-bond acceptors (Lipinski definition) is 2. The molecule has 2 aromatic rings. The van der Waals surface area contributed by atoms with Crippen molar-refractivity contribution in [2.45, 2.75) is 3.23 Å². The molecule has 0 saturated heterocycles. The van der Waals surface area contributed by atoms with Gasteiger partial charge in [-0.05, 0) is 12.1 Å². The molecule has 0 amide bonds. The Labute approximate surface area is 121 Å². The lowest BCUT2D eigenvalue weighted by Gasteiger charge is -2.16. The van der Waals surface area contributed by atoms with Crippen LogP contribution in [-0.2, 0) is 0 Å². The van der Waals surface area contributed by atoms with Gasteiger partial charge in [-0.2, -0.15) is 0 Å². The zero-order chi connectivity index (χ0) is 13.2. The van der Waals surface area contributed by atoms with Crippen molar-refractivity contribution in [1.82, 2.24) is 4.98 Å². The van der Waals surface area contributed by atoms with Gasteiger partial charge in [0, 0.05) is 11.8 Å². The van der Waals surface area contributed by atoms with E-state index in [-0.39, 0.29) is 11.6 Å². The molecule has 3 nitrogen and oxygen atoms in total. The zero-order valence-electron chi connectivity index (χ0n) is 9.19. The smallest absolute Gasteiger partial charge is 0.214 e. The van der Waals surface area contributed by atoms with Crippen LogP contribution < -0.4 is 0 Å². The molecule has 0 unspecified atom stereocenters. The van der Waals surface area contributed by atoms with Gasteiger partial charge in [-0.25, -0.2) is 0 Å². The first-order valence-electron chi connectivity index (χ1n) is 5.19. The summed E-state index contributed by atoms with van der Waals surface area (Å²) in [7, 11) is 0. The highest BCUT2D eigenvalue weighted by atomic mass is 79.9. The molecule has 0 aliphatic rings. The fourth-order valence-corrected chi connectivity index (χ4v) is 2.40. The number of H-pyrrole nitrogens is 1. The van der Waals surface area contributed by atoms with Crippen LogP contribution in [0.4, 0.5) is 0 Å². The third kappa shape index (κ3) is 2.47. The van der Waals surface area contributed by atoms with E-state index in [2.05, 4.69) is 36.8 Å². The molecule has 0 saturated carbocycles. The van der Waals surface area contributed by atoms with E-state index in [1.165, 1.54) is 0 Å². The number of nitrogens with one attached hydrogen (secondary N) is 1.